The van der Waals surface area contributed by atoms with E-state index in [0.29, 0.717) is 25.8 Å². The minimum Gasteiger partial charge on any atom is -0.480 e. The van der Waals surface area contributed by atoms with E-state index in [-0.39, 0.29) is 11.8 Å². The van der Waals surface area contributed by atoms with E-state index in [0.717, 1.165) is 6.42 Å². The van der Waals surface area contributed by atoms with Crippen LogP contribution in [-0.4, -0.2) is 60.0 Å². The van der Waals surface area contributed by atoms with Crippen molar-refractivity contribution in [2.75, 3.05) is 13.1 Å². The summed E-state index contributed by atoms with van der Waals surface area (Å²) >= 11 is 0. The molecule has 0 fully saturated rings. The molecule has 3 amide bonds. The molecule has 4 unspecified atom stereocenters. The van der Waals surface area contributed by atoms with Crippen LogP contribution in [0.1, 0.15) is 53.4 Å². The minimum atomic E-state index is -1.18. The summed E-state index contributed by atoms with van der Waals surface area (Å²) in [5.41, 5.74) is 11.4. The third-order valence-corrected chi connectivity index (χ3v) is 4.76. The van der Waals surface area contributed by atoms with Gasteiger partial charge < -0.3 is 32.5 Å². The zero-order valence-electron chi connectivity index (χ0n) is 17.9. The Morgan fingerprint density at radius 3 is 2.00 bits per heavy atom. The van der Waals surface area contributed by atoms with Crippen molar-refractivity contribution < 1.29 is 24.3 Å². The van der Waals surface area contributed by atoms with Crippen molar-refractivity contribution in [1.29, 1.82) is 0 Å². The highest BCUT2D eigenvalue weighted by atomic mass is 16.4. The molecule has 4 atom stereocenters. The average Bonchev–Trinajstić information content (AvgIpc) is 2.66. The Morgan fingerprint density at radius 1 is 0.931 bits per heavy atom. The number of carboxylic acid groups (broad SMARTS) is 1. The lowest BCUT2D eigenvalue weighted by Gasteiger charge is -2.28. The van der Waals surface area contributed by atoms with Gasteiger partial charge in [0.15, 0.2) is 0 Å². The molecule has 10 heteroatoms. The number of aliphatic carboxylic acids is 1. The second-order valence-corrected chi connectivity index (χ2v) is 7.60. The number of hydrogen-bond acceptors (Lipinski definition) is 6. The Balaban J connectivity index is 5.14. The molecule has 0 saturated heterocycles. The molecule has 0 aromatic rings. The minimum absolute atomic E-state index is 0.190. The van der Waals surface area contributed by atoms with Crippen LogP contribution in [0.15, 0.2) is 0 Å². The summed E-state index contributed by atoms with van der Waals surface area (Å²) in [6.45, 7) is 7.15. The van der Waals surface area contributed by atoms with E-state index in [9.17, 15) is 19.2 Å². The van der Waals surface area contributed by atoms with Crippen LogP contribution in [0.4, 0.5) is 0 Å². The Kier molecular flexibility index (Phi) is 12.8. The number of carbonyl (C=O) groups is 4. The SMILES string of the molecule is CCC(C)C(NC(=O)C(N)CCCCN)C(=O)NC(C(=O)NCC(=O)O)C(C)C. The Morgan fingerprint density at radius 2 is 1.52 bits per heavy atom. The maximum atomic E-state index is 12.8. The molecule has 0 heterocycles. The van der Waals surface area contributed by atoms with E-state index in [1.807, 2.05) is 13.8 Å². The Labute approximate surface area is 172 Å². The van der Waals surface area contributed by atoms with Crippen LogP contribution < -0.4 is 27.4 Å². The quantitative estimate of drug-likeness (QED) is 0.203. The lowest BCUT2D eigenvalue weighted by Crippen LogP contribution is -2.58. The fourth-order valence-electron chi connectivity index (χ4n) is 2.65. The van der Waals surface area contributed by atoms with Crippen LogP contribution in [-0.2, 0) is 19.2 Å². The first-order chi connectivity index (χ1) is 13.5. The molecule has 0 aliphatic carbocycles. The third-order valence-electron chi connectivity index (χ3n) is 4.76. The zero-order valence-corrected chi connectivity index (χ0v) is 17.9. The smallest absolute Gasteiger partial charge is 0.322 e. The number of carboxylic acids is 1. The Bertz CT molecular complexity index is 555. The molecule has 0 radical (unpaired) electrons. The van der Waals surface area contributed by atoms with Gasteiger partial charge >= 0.3 is 5.97 Å². The number of amides is 3. The largest absolute Gasteiger partial charge is 0.480 e. The average molecular weight is 416 g/mol. The van der Waals surface area contributed by atoms with Gasteiger partial charge in [0.2, 0.25) is 17.7 Å². The van der Waals surface area contributed by atoms with Gasteiger partial charge in [-0.25, -0.2) is 0 Å². The van der Waals surface area contributed by atoms with Gasteiger partial charge in [0, 0.05) is 0 Å². The molecule has 8 N–H and O–H groups in total. The first kappa shape index (κ1) is 26.8. The molecule has 0 aliphatic rings. The highest BCUT2D eigenvalue weighted by Crippen LogP contribution is 2.11. The molecule has 10 nitrogen and oxygen atoms in total. The maximum Gasteiger partial charge on any atom is 0.322 e. The van der Waals surface area contributed by atoms with Crippen molar-refractivity contribution in [2.45, 2.75) is 71.5 Å². The van der Waals surface area contributed by atoms with Gasteiger partial charge in [0.05, 0.1) is 6.04 Å². The first-order valence-electron chi connectivity index (χ1n) is 10.1. The van der Waals surface area contributed by atoms with Crippen molar-refractivity contribution in [2.24, 2.45) is 23.3 Å². The second-order valence-electron chi connectivity index (χ2n) is 7.60. The van der Waals surface area contributed by atoms with E-state index < -0.39 is 48.4 Å². The van der Waals surface area contributed by atoms with Crippen LogP contribution in [0.2, 0.25) is 0 Å². The standard InChI is InChI=1S/C19H37N5O5/c1-5-12(4)16(24-17(27)13(21)8-6-7-9-20)19(29)23-15(11(2)3)18(28)22-10-14(25)26/h11-13,15-16H,5-10,20-21H2,1-4H3,(H,22,28)(H,23,29)(H,24,27)(H,25,26). The van der Waals surface area contributed by atoms with Gasteiger partial charge in [-0.2, -0.15) is 0 Å². The molecule has 29 heavy (non-hydrogen) atoms. The summed E-state index contributed by atoms with van der Waals surface area (Å²) in [5.74, 6) is -3.18. The van der Waals surface area contributed by atoms with Crippen LogP contribution in [0.3, 0.4) is 0 Å². The van der Waals surface area contributed by atoms with Gasteiger partial charge in [0.25, 0.3) is 0 Å². The van der Waals surface area contributed by atoms with Gasteiger partial charge in [-0.1, -0.05) is 40.5 Å². The van der Waals surface area contributed by atoms with Crippen molar-refractivity contribution in [3.63, 3.8) is 0 Å². The molecule has 0 aromatic carbocycles. The summed E-state index contributed by atoms with van der Waals surface area (Å²) < 4.78 is 0. The fourth-order valence-corrected chi connectivity index (χ4v) is 2.65. The van der Waals surface area contributed by atoms with Gasteiger partial charge in [0.1, 0.15) is 18.6 Å². The summed E-state index contributed by atoms with van der Waals surface area (Å²) in [5, 5.41) is 16.3. The molecule has 0 spiro atoms. The number of nitrogens with two attached hydrogens (primary N) is 2. The van der Waals surface area contributed by atoms with Gasteiger partial charge in [-0.15, -0.1) is 0 Å². The van der Waals surface area contributed by atoms with Crippen molar-refractivity contribution in [1.82, 2.24) is 16.0 Å². The molecule has 168 valence electrons. The summed E-state index contributed by atoms with van der Waals surface area (Å²) in [4.78, 5) is 48.2. The van der Waals surface area contributed by atoms with Crippen LogP contribution >= 0.6 is 0 Å². The van der Waals surface area contributed by atoms with Crippen molar-refractivity contribution in [3.8, 4) is 0 Å². The van der Waals surface area contributed by atoms with Crippen LogP contribution in [0, 0.1) is 11.8 Å². The van der Waals surface area contributed by atoms with Crippen molar-refractivity contribution in [3.05, 3.63) is 0 Å². The molecule has 0 bridgehead atoms. The second kappa shape index (κ2) is 13.9. The molecule has 0 aliphatic heterocycles. The van der Waals surface area contributed by atoms with E-state index in [4.69, 9.17) is 16.6 Å². The lowest BCUT2D eigenvalue weighted by molar-refractivity contribution is -0.139. The van der Waals surface area contributed by atoms with Crippen LogP contribution in [0.5, 0.6) is 0 Å². The molecule has 0 saturated carbocycles. The maximum absolute atomic E-state index is 12.8. The molecular weight excluding hydrogens is 378 g/mol. The number of rotatable bonds is 14. The predicted molar refractivity (Wildman–Crippen MR) is 110 cm³/mol. The van der Waals surface area contributed by atoms with E-state index in [2.05, 4.69) is 16.0 Å². The number of unbranched alkanes of at least 4 members (excludes halogenated alkanes) is 1. The van der Waals surface area contributed by atoms with Gasteiger partial charge in [-0.05, 0) is 31.2 Å². The van der Waals surface area contributed by atoms with E-state index >= 15 is 0 Å². The molecule has 0 rings (SSSR count). The first-order valence-corrected chi connectivity index (χ1v) is 10.1. The fraction of sp³-hybridized carbons (Fsp3) is 0.789. The summed E-state index contributed by atoms with van der Waals surface area (Å²) in [6, 6.07) is -2.54. The van der Waals surface area contributed by atoms with Crippen LogP contribution in [0.25, 0.3) is 0 Å². The highest BCUT2D eigenvalue weighted by Gasteiger charge is 2.32. The highest BCUT2D eigenvalue weighted by molar-refractivity contribution is 5.93. The summed E-state index contributed by atoms with van der Waals surface area (Å²) in [7, 11) is 0. The van der Waals surface area contributed by atoms with E-state index in [1.165, 1.54) is 0 Å². The zero-order chi connectivity index (χ0) is 22.6. The topological polar surface area (TPSA) is 177 Å². The summed E-state index contributed by atoms with van der Waals surface area (Å²) in [6.07, 6.45) is 2.56. The molecular formula is C19H37N5O5. The molecule has 0 aromatic heterocycles. The predicted octanol–water partition coefficient (Wildman–Crippen LogP) is -0.685. The van der Waals surface area contributed by atoms with E-state index in [1.54, 1.807) is 13.8 Å². The monoisotopic (exact) mass is 415 g/mol. The normalized spacial score (nSPS) is 15.1. The third kappa shape index (κ3) is 10.2. The number of carbonyl (C=O) groups excluding carboxylic acids is 3. The van der Waals surface area contributed by atoms with Gasteiger partial charge in [-0.3, -0.25) is 19.2 Å². The lowest BCUT2D eigenvalue weighted by atomic mass is 9.96. The number of hydrogen-bond donors (Lipinski definition) is 6. The van der Waals surface area contributed by atoms with Crippen molar-refractivity contribution >= 4 is 23.7 Å². The Hall–Kier alpha value is -2.20. The number of nitrogens with one attached hydrogen (secondary N) is 3.